The topological polar surface area (TPSA) is 0 Å². The van der Waals surface area contributed by atoms with Crippen LogP contribution < -0.4 is 0 Å². The van der Waals surface area contributed by atoms with Gasteiger partial charge in [0.2, 0.25) is 0 Å². The first kappa shape index (κ1) is 147. The molecule has 48 saturated carbocycles. The molecule has 28 heteroatoms. The maximum atomic E-state index is 5.69. The van der Waals surface area contributed by atoms with Crippen molar-refractivity contribution in [3.63, 3.8) is 0 Å². The van der Waals surface area contributed by atoms with Crippen molar-refractivity contribution in [3.05, 3.63) is 0 Å². The first-order valence-electron chi connectivity index (χ1n) is 59.3. The number of hydrogen-bond donors (Lipinski definition) is 0. The molecule has 0 aliphatic heterocycles. The Hall–Kier alpha value is 16.0. The van der Waals surface area contributed by atoms with Crippen LogP contribution in [0.15, 0.2) is 0 Å². The van der Waals surface area contributed by atoms with Crippen molar-refractivity contribution in [3.8, 4) is 0 Å². The quantitative estimate of drug-likeness (QED) is 0.168. The third-order valence-corrected chi connectivity index (χ3v) is 53.8. The van der Waals surface area contributed by atoms with Gasteiger partial charge in [-0.3, -0.25) is 0 Å². The van der Waals surface area contributed by atoms with Crippen molar-refractivity contribution in [2.45, 2.75) is 519 Å². The van der Waals surface area contributed by atoms with Crippen LogP contribution in [0.1, 0.15) is 462 Å². The summed E-state index contributed by atoms with van der Waals surface area (Å²) in [5.41, 5.74) is 0. The fourth-order valence-corrected chi connectivity index (χ4v) is 56.9. The first-order chi connectivity index (χ1) is 62.8. The average Bonchev–Trinajstić information content (AvgIpc) is 0.839. The number of hydrogen-bond acceptors (Lipinski definition) is 12. The van der Waals surface area contributed by atoms with Gasteiger partial charge in [-0.2, -0.15) is 57.0 Å². The van der Waals surface area contributed by atoms with E-state index >= 15 is 0 Å². The molecule has 48 aliphatic carbocycles. The summed E-state index contributed by atoms with van der Waals surface area (Å²) >= 11 is 68.3. The minimum absolute atomic E-state index is 0. The molecule has 48 fully saturated rings. The van der Waals surface area contributed by atoms with E-state index in [2.05, 4.69) is 0 Å². The van der Waals surface area contributed by atoms with Crippen LogP contribution in [0.4, 0.5) is 0 Å². The molecule has 0 amide bonds. The van der Waals surface area contributed by atoms with E-state index in [0.29, 0.717) is 57.0 Å². The van der Waals surface area contributed by atoms with E-state index in [-0.39, 0.29) is 358 Å². The van der Waals surface area contributed by atoms with Gasteiger partial charge in [0.1, 0.15) is 0 Å². The van der Waals surface area contributed by atoms with Crippen molar-refractivity contribution in [1.82, 2.24) is 0 Å². The molecule has 4 radical (unpaired) electrons. The summed E-state index contributed by atoms with van der Waals surface area (Å²) in [5.74, 6) is 37.5. The third kappa shape index (κ3) is 36.3. The minimum Gasteiger partial charge on any atom is -0.786 e. The summed E-state index contributed by atoms with van der Waals surface area (Å²) in [6.45, 7) is 0. The Morgan fingerprint density at radius 2 is 0.101 bits per heavy atom. The van der Waals surface area contributed by atoms with Gasteiger partial charge in [0.25, 0.3) is 0 Å². The summed E-state index contributed by atoms with van der Waals surface area (Å²) in [4.78, 5) is 0. The molecule has 48 rings (SSSR count). The molecule has 148 heavy (non-hydrogen) atoms. The second kappa shape index (κ2) is 59.6. The molecular formula is C120H180Au16S12. The molecular weight excluding hydrogens is 4980 g/mol. The Labute approximate surface area is 1220 Å². The van der Waals surface area contributed by atoms with Crippen LogP contribution in [0, 0.1) is 213 Å². The maximum Gasteiger partial charge on any atom is 1.00 e. The van der Waals surface area contributed by atoms with Crippen LogP contribution in [0.2, 0.25) is 0 Å². The van der Waals surface area contributed by atoms with Crippen LogP contribution in [0.3, 0.4) is 0 Å². The number of rotatable bonds is 0. The van der Waals surface area contributed by atoms with Crippen LogP contribution in [-0.4, -0.2) is 57.0 Å². The Kier molecular flexibility index (Phi) is 59.3. The molecule has 48 aliphatic rings. The summed E-state index contributed by atoms with van der Waals surface area (Å²) in [6.07, 6.45) is 105. The Morgan fingerprint density at radius 1 is 0.0743 bits per heavy atom. The first-order valence-corrected chi connectivity index (χ1v) is 64.2. The second-order valence-corrected chi connectivity index (χ2v) is 71.6. The van der Waals surface area contributed by atoms with Gasteiger partial charge in [0, 0.05) is 89.5 Å². The Bertz CT molecular complexity index is 2780. The summed E-state index contributed by atoms with van der Waals surface area (Å²) in [7, 11) is 0. The van der Waals surface area contributed by atoms with Crippen molar-refractivity contribution in [1.29, 1.82) is 0 Å². The molecule has 0 atom stereocenters. The van der Waals surface area contributed by atoms with Gasteiger partial charge in [-0.05, 0) is 444 Å². The molecule has 0 aromatic rings. The van der Waals surface area contributed by atoms with Crippen LogP contribution in [-0.2, 0) is 510 Å². The van der Waals surface area contributed by atoms with E-state index < -0.39 is 0 Å². The smallest absolute Gasteiger partial charge is 0.786 e. The molecule has 0 unspecified atom stereocenters. The molecule has 908 valence electrons. The SMILES string of the molecule is [Au+].[Au+].[Au+].[Au+].[Au+].[Au+].[Au+].[Au+].[Au+].[Au+].[Au+].[Au+].[Au].[Au].[Au].[Au].[S-]C12CC3CC(CC(C3)C1)C2.[S-]C12CC3CC(CC(C3)C1)C2.[S-]C12CC3CC(CC(C3)C1)C2.[S-]C12CC3CC(CC(C3)C1)C2.[S-]C12CC3CC(CC(C3)C1)C2.[S-]C12CC3CC(CC(C3)C1)C2.[S-]C12CC3CC(CC(C3)C1)C2.[S-]C12CC3CC(CC(C3)C1)C2.[S-]C12CC3CC(CC(C3)C1)C2.[S-]C12CC3CC(CC(C3)C1)C2.[S-]C12CC3CC(CC(C3)C1)C2.[S-]C12CC3CC(CC(C3)C1)C2. The molecule has 0 spiro atoms. The average molecular weight is 5160 g/mol. The third-order valence-electron chi connectivity index (χ3n) is 47.8. The molecule has 0 aromatic carbocycles. The summed E-state index contributed by atoms with van der Waals surface area (Å²) in [6, 6.07) is 0. The van der Waals surface area contributed by atoms with Gasteiger partial charge in [0.15, 0.2) is 0 Å². The molecule has 48 bridgehead atoms. The normalized spacial score (nSPS) is 53.8. The van der Waals surface area contributed by atoms with E-state index in [1.807, 2.05) is 0 Å². The summed E-state index contributed by atoms with van der Waals surface area (Å²) < 4.78 is 4.60. The van der Waals surface area contributed by atoms with Crippen molar-refractivity contribution < 1.29 is 358 Å². The zero-order chi connectivity index (χ0) is 89.7. The zero-order valence-corrected chi connectivity index (χ0v) is 132. The van der Waals surface area contributed by atoms with E-state index in [0.717, 1.165) is 213 Å². The molecule has 0 N–H and O–H groups in total. The van der Waals surface area contributed by atoms with E-state index in [1.165, 1.54) is 462 Å². The standard InChI is InChI=1S/12C10H16S.16Au/c12*11-10-4-7-1-8(5-10)3-9(2-7)6-10;;;;;;;;;;;;;;;;/h12*7-9,11H,1-6H2;;;;;;;;;;;;;;;;/q;;;;;;;;;;;;;;;;12*+1/p-12. The van der Waals surface area contributed by atoms with Gasteiger partial charge < -0.3 is 152 Å². The largest absolute Gasteiger partial charge is 1.00 e. The molecule has 0 heterocycles. The van der Waals surface area contributed by atoms with Gasteiger partial charge in [-0.15, -0.1) is 0 Å². The Morgan fingerprint density at radius 3 is 0.122 bits per heavy atom. The maximum absolute atomic E-state index is 5.69. The van der Waals surface area contributed by atoms with Gasteiger partial charge in [-0.1, -0.05) is 231 Å². The summed E-state index contributed by atoms with van der Waals surface area (Å²) in [5, 5.41) is 0. The fraction of sp³-hybridized carbons (Fsp3) is 1.00. The Balaban J connectivity index is 0.000000178. The van der Waals surface area contributed by atoms with Gasteiger partial charge in [-0.25, -0.2) is 0 Å². The van der Waals surface area contributed by atoms with E-state index in [4.69, 9.17) is 152 Å². The van der Waals surface area contributed by atoms with Crippen molar-refractivity contribution in [2.24, 2.45) is 213 Å². The minimum atomic E-state index is 0. The second-order valence-electron chi connectivity index (χ2n) is 61.2. The molecule has 0 aromatic heterocycles. The predicted octanol–water partition coefficient (Wildman–Crippen LogP) is 30.0. The van der Waals surface area contributed by atoms with E-state index in [9.17, 15) is 0 Å². The van der Waals surface area contributed by atoms with Crippen molar-refractivity contribution >= 4 is 152 Å². The predicted molar refractivity (Wildman–Crippen MR) is 579 cm³/mol. The molecule has 0 saturated heterocycles. The van der Waals surface area contributed by atoms with Gasteiger partial charge >= 0.3 is 269 Å². The van der Waals surface area contributed by atoms with Gasteiger partial charge in [0.05, 0.1) is 0 Å². The van der Waals surface area contributed by atoms with Crippen molar-refractivity contribution in [2.75, 3.05) is 0 Å². The van der Waals surface area contributed by atoms with Crippen LogP contribution in [0.5, 0.6) is 0 Å². The van der Waals surface area contributed by atoms with Crippen LogP contribution in [0.25, 0.3) is 0 Å². The molecule has 0 nitrogen and oxygen atoms in total. The monoisotopic (exact) mass is 5160 g/mol. The van der Waals surface area contributed by atoms with Crippen LogP contribution >= 0.6 is 0 Å². The fourth-order valence-electron chi connectivity index (χ4n) is 48.4. The zero-order valence-electron chi connectivity index (χ0n) is 87.4. The van der Waals surface area contributed by atoms with E-state index in [1.54, 1.807) is 0 Å².